The number of imidazole rings is 1. The molecule has 0 amide bonds. The first kappa shape index (κ1) is 14.5. The average Bonchev–Trinajstić information content (AvgIpc) is 2.78. The lowest BCUT2D eigenvalue weighted by molar-refractivity contribution is 0.197. The van der Waals surface area contributed by atoms with Gasteiger partial charge in [-0.2, -0.15) is 0 Å². The molecular formula is C11H22N6O. The number of aryl methyl sites for hydroxylation is 1. The van der Waals surface area contributed by atoms with E-state index in [0.29, 0.717) is 19.1 Å². The summed E-state index contributed by atoms with van der Waals surface area (Å²) < 4.78 is 6.94. The van der Waals surface area contributed by atoms with Gasteiger partial charge in [-0.05, 0) is 6.42 Å². The van der Waals surface area contributed by atoms with E-state index in [-0.39, 0.29) is 0 Å². The molecule has 0 aliphatic carbocycles. The second kappa shape index (κ2) is 8.48. The third kappa shape index (κ3) is 5.15. The van der Waals surface area contributed by atoms with Crippen LogP contribution in [0.2, 0.25) is 0 Å². The molecule has 1 aromatic rings. The Kier molecular flexibility index (Phi) is 6.82. The van der Waals surface area contributed by atoms with E-state index in [2.05, 4.69) is 20.7 Å². The molecule has 0 aliphatic heterocycles. The van der Waals surface area contributed by atoms with Gasteiger partial charge in [-0.1, -0.05) is 0 Å². The van der Waals surface area contributed by atoms with Crippen LogP contribution >= 0.6 is 0 Å². The summed E-state index contributed by atoms with van der Waals surface area (Å²) in [6, 6.07) is 0. The highest BCUT2D eigenvalue weighted by atomic mass is 16.5. The number of rotatable bonds is 7. The van der Waals surface area contributed by atoms with Crippen molar-refractivity contribution in [2.24, 2.45) is 17.9 Å². The lowest BCUT2D eigenvalue weighted by Gasteiger charge is -2.09. The second-order valence-corrected chi connectivity index (χ2v) is 3.85. The van der Waals surface area contributed by atoms with Crippen molar-refractivity contribution in [2.45, 2.75) is 12.8 Å². The zero-order valence-electron chi connectivity index (χ0n) is 11.0. The van der Waals surface area contributed by atoms with Gasteiger partial charge < -0.3 is 14.6 Å². The highest BCUT2D eigenvalue weighted by molar-refractivity contribution is 5.79. The molecule has 0 aromatic carbocycles. The van der Waals surface area contributed by atoms with Gasteiger partial charge in [-0.15, -0.1) is 0 Å². The van der Waals surface area contributed by atoms with Crippen LogP contribution in [0, 0.1) is 0 Å². The Balaban J connectivity index is 2.24. The molecule has 0 fully saturated rings. The summed E-state index contributed by atoms with van der Waals surface area (Å²) >= 11 is 0. The van der Waals surface area contributed by atoms with Crippen LogP contribution in [0.1, 0.15) is 12.2 Å². The number of aromatic nitrogens is 2. The van der Waals surface area contributed by atoms with Crippen LogP contribution in [-0.2, 0) is 18.2 Å². The molecule has 1 heterocycles. The van der Waals surface area contributed by atoms with Crippen LogP contribution in [0.4, 0.5) is 0 Å². The summed E-state index contributed by atoms with van der Waals surface area (Å²) in [4.78, 5) is 8.52. The number of hydrazine groups is 1. The van der Waals surface area contributed by atoms with E-state index < -0.39 is 0 Å². The zero-order valence-corrected chi connectivity index (χ0v) is 11.0. The van der Waals surface area contributed by atoms with Crippen molar-refractivity contribution in [2.75, 3.05) is 26.8 Å². The number of aliphatic imine (C=N–C) groups is 1. The SMILES string of the molecule is COCCCN=C(NN)NCCc1nccn1C. The van der Waals surface area contributed by atoms with Gasteiger partial charge in [0.15, 0.2) is 0 Å². The Labute approximate surface area is 107 Å². The summed E-state index contributed by atoms with van der Waals surface area (Å²) in [5.74, 6) is 7.01. The normalized spacial score (nSPS) is 11.6. The van der Waals surface area contributed by atoms with Crippen LogP contribution in [0.15, 0.2) is 17.4 Å². The lowest BCUT2D eigenvalue weighted by atomic mass is 10.4. The van der Waals surface area contributed by atoms with Crippen LogP contribution in [0.5, 0.6) is 0 Å². The first-order valence-corrected chi connectivity index (χ1v) is 5.98. The lowest BCUT2D eigenvalue weighted by Crippen LogP contribution is -2.42. The molecule has 7 nitrogen and oxygen atoms in total. The molecule has 0 atom stereocenters. The minimum Gasteiger partial charge on any atom is -0.385 e. The molecule has 4 N–H and O–H groups in total. The number of nitrogens with zero attached hydrogens (tertiary/aromatic N) is 3. The highest BCUT2D eigenvalue weighted by Crippen LogP contribution is 1.93. The number of methoxy groups -OCH3 is 1. The fourth-order valence-corrected chi connectivity index (χ4v) is 1.48. The molecule has 7 heteroatoms. The number of nitrogens with two attached hydrogens (primary N) is 1. The molecule has 102 valence electrons. The summed E-state index contributed by atoms with van der Waals surface area (Å²) in [5.41, 5.74) is 2.54. The molecule has 0 radical (unpaired) electrons. The topological polar surface area (TPSA) is 89.5 Å². The fraction of sp³-hybridized carbons (Fsp3) is 0.636. The molecule has 0 saturated heterocycles. The van der Waals surface area contributed by atoms with Crippen molar-refractivity contribution in [3.8, 4) is 0 Å². The van der Waals surface area contributed by atoms with Gasteiger partial charge in [0, 0.05) is 52.7 Å². The van der Waals surface area contributed by atoms with Crippen molar-refractivity contribution in [3.05, 3.63) is 18.2 Å². The van der Waals surface area contributed by atoms with Gasteiger partial charge in [0.1, 0.15) is 5.82 Å². The monoisotopic (exact) mass is 254 g/mol. The first-order chi connectivity index (χ1) is 8.77. The van der Waals surface area contributed by atoms with Gasteiger partial charge >= 0.3 is 0 Å². The van der Waals surface area contributed by atoms with E-state index in [4.69, 9.17) is 10.6 Å². The minimum absolute atomic E-state index is 0.598. The zero-order chi connectivity index (χ0) is 13.2. The Morgan fingerprint density at radius 3 is 3.06 bits per heavy atom. The van der Waals surface area contributed by atoms with Gasteiger partial charge in [0.2, 0.25) is 5.96 Å². The Hall–Kier alpha value is -1.60. The van der Waals surface area contributed by atoms with Crippen LogP contribution in [-0.4, -0.2) is 42.3 Å². The number of guanidine groups is 1. The van der Waals surface area contributed by atoms with Crippen molar-refractivity contribution in [3.63, 3.8) is 0 Å². The molecule has 1 rings (SSSR count). The molecule has 1 aromatic heterocycles. The highest BCUT2D eigenvalue weighted by Gasteiger charge is 2.00. The van der Waals surface area contributed by atoms with E-state index in [0.717, 1.165) is 25.2 Å². The maximum absolute atomic E-state index is 5.38. The van der Waals surface area contributed by atoms with E-state index in [1.54, 1.807) is 13.3 Å². The van der Waals surface area contributed by atoms with Crippen LogP contribution < -0.4 is 16.6 Å². The van der Waals surface area contributed by atoms with Crippen molar-refractivity contribution in [1.82, 2.24) is 20.3 Å². The summed E-state index contributed by atoms with van der Waals surface area (Å²) in [6.45, 7) is 2.12. The number of ether oxygens (including phenoxy) is 1. The van der Waals surface area contributed by atoms with Crippen molar-refractivity contribution >= 4 is 5.96 Å². The maximum atomic E-state index is 5.38. The molecular weight excluding hydrogens is 232 g/mol. The van der Waals surface area contributed by atoms with Gasteiger partial charge in [0.05, 0.1) is 0 Å². The molecule has 0 spiro atoms. The Morgan fingerprint density at radius 1 is 1.61 bits per heavy atom. The largest absolute Gasteiger partial charge is 0.385 e. The van der Waals surface area contributed by atoms with E-state index >= 15 is 0 Å². The van der Waals surface area contributed by atoms with E-state index in [1.807, 2.05) is 17.8 Å². The van der Waals surface area contributed by atoms with Crippen molar-refractivity contribution in [1.29, 1.82) is 0 Å². The Bertz CT molecular complexity index is 362. The van der Waals surface area contributed by atoms with Gasteiger partial charge in [0.25, 0.3) is 0 Å². The quantitative estimate of drug-likeness (QED) is 0.199. The predicted molar refractivity (Wildman–Crippen MR) is 71.0 cm³/mol. The minimum atomic E-state index is 0.598. The molecule has 18 heavy (non-hydrogen) atoms. The standard InChI is InChI=1S/C11H22N6O/c1-17-8-7-13-10(17)4-6-15-11(16-12)14-5-3-9-18-2/h7-8H,3-6,9,12H2,1-2H3,(H2,14,15,16). The number of hydrogen-bond donors (Lipinski definition) is 3. The summed E-state index contributed by atoms with van der Waals surface area (Å²) in [7, 11) is 3.65. The first-order valence-electron chi connectivity index (χ1n) is 5.98. The molecule has 0 bridgehead atoms. The van der Waals surface area contributed by atoms with Crippen LogP contribution in [0.25, 0.3) is 0 Å². The fourth-order valence-electron chi connectivity index (χ4n) is 1.48. The molecule has 0 saturated carbocycles. The maximum Gasteiger partial charge on any atom is 0.205 e. The second-order valence-electron chi connectivity index (χ2n) is 3.85. The van der Waals surface area contributed by atoms with Gasteiger partial charge in [-0.25, -0.2) is 10.8 Å². The smallest absolute Gasteiger partial charge is 0.205 e. The van der Waals surface area contributed by atoms with Gasteiger partial charge in [-0.3, -0.25) is 10.4 Å². The van der Waals surface area contributed by atoms with E-state index in [9.17, 15) is 0 Å². The third-order valence-electron chi connectivity index (χ3n) is 2.48. The predicted octanol–water partition coefficient (Wildman–Crippen LogP) is -0.592. The average molecular weight is 254 g/mol. The molecule has 0 aliphatic rings. The summed E-state index contributed by atoms with van der Waals surface area (Å²) in [6.07, 6.45) is 5.41. The number of hydrogen-bond acceptors (Lipinski definition) is 4. The van der Waals surface area contributed by atoms with Crippen molar-refractivity contribution < 1.29 is 4.74 Å². The number of nitrogens with one attached hydrogen (secondary N) is 2. The third-order valence-corrected chi connectivity index (χ3v) is 2.48. The summed E-state index contributed by atoms with van der Waals surface area (Å²) in [5, 5.41) is 3.13. The van der Waals surface area contributed by atoms with E-state index in [1.165, 1.54) is 0 Å². The molecule has 0 unspecified atom stereocenters. The van der Waals surface area contributed by atoms with Crippen LogP contribution in [0.3, 0.4) is 0 Å². The Morgan fingerprint density at radius 2 is 2.44 bits per heavy atom.